The Kier molecular flexibility index (Phi) is 9.59. The quantitative estimate of drug-likeness (QED) is 0.433. The van der Waals surface area contributed by atoms with Crippen LogP contribution in [0.5, 0.6) is 0 Å². The Bertz CT molecular complexity index is 151. The molecule has 3 nitrogen and oxygen atoms in total. The van der Waals surface area contributed by atoms with Crippen molar-refractivity contribution in [1.29, 1.82) is 0 Å². The van der Waals surface area contributed by atoms with Crippen molar-refractivity contribution in [2.45, 2.75) is 59.0 Å². The summed E-state index contributed by atoms with van der Waals surface area (Å²) < 4.78 is 0. The average Bonchev–Trinajstić information content (AvgIpc) is 2.27. The first-order valence-corrected chi connectivity index (χ1v) is 6.21. The van der Waals surface area contributed by atoms with Crippen LogP contribution in [0.1, 0.15) is 52.9 Å². The summed E-state index contributed by atoms with van der Waals surface area (Å²) in [5.41, 5.74) is 0. The van der Waals surface area contributed by atoms with Crippen molar-refractivity contribution < 1.29 is 4.79 Å². The highest BCUT2D eigenvalue weighted by atomic mass is 16.1. The number of amides is 1. The summed E-state index contributed by atoms with van der Waals surface area (Å²) in [6.07, 6.45) is 6.91. The van der Waals surface area contributed by atoms with E-state index in [9.17, 15) is 4.79 Å². The summed E-state index contributed by atoms with van der Waals surface area (Å²) in [5, 5.41) is 6.16. The Morgan fingerprint density at radius 1 is 1.20 bits per heavy atom. The lowest BCUT2D eigenvalue weighted by Crippen LogP contribution is -2.43. The maximum Gasteiger partial charge on any atom is 0.208 e. The zero-order valence-electron chi connectivity index (χ0n) is 10.4. The van der Waals surface area contributed by atoms with Gasteiger partial charge in [-0.15, -0.1) is 0 Å². The van der Waals surface area contributed by atoms with Gasteiger partial charge < -0.3 is 5.32 Å². The molecule has 0 aliphatic rings. The van der Waals surface area contributed by atoms with Crippen molar-refractivity contribution in [3.8, 4) is 0 Å². The monoisotopic (exact) mass is 214 g/mol. The summed E-state index contributed by atoms with van der Waals surface area (Å²) in [7, 11) is 0. The Hall–Kier alpha value is -0.570. The number of carbonyl (C=O) groups excluding carboxylic acids is 1. The zero-order valence-corrected chi connectivity index (χ0v) is 10.4. The molecule has 0 rings (SSSR count). The van der Waals surface area contributed by atoms with Gasteiger partial charge in [0.15, 0.2) is 0 Å². The van der Waals surface area contributed by atoms with E-state index < -0.39 is 0 Å². The molecule has 0 bridgehead atoms. The maximum absolute atomic E-state index is 10.3. The van der Waals surface area contributed by atoms with Crippen LogP contribution in [0.25, 0.3) is 0 Å². The van der Waals surface area contributed by atoms with Crippen LogP contribution < -0.4 is 10.6 Å². The van der Waals surface area contributed by atoms with Crippen LogP contribution >= 0.6 is 0 Å². The van der Waals surface area contributed by atoms with Gasteiger partial charge in [0.25, 0.3) is 0 Å². The molecule has 0 aliphatic carbocycles. The van der Waals surface area contributed by atoms with Gasteiger partial charge in [-0.25, -0.2) is 0 Å². The highest BCUT2D eigenvalue weighted by Gasteiger charge is 2.08. The van der Waals surface area contributed by atoms with Gasteiger partial charge in [-0.2, -0.15) is 0 Å². The zero-order chi connectivity index (χ0) is 11.5. The first-order chi connectivity index (χ1) is 7.28. The Morgan fingerprint density at radius 2 is 1.93 bits per heavy atom. The molecular weight excluding hydrogens is 188 g/mol. The van der Waals surface area contributed by atoms with E-state index in [1.165, 1.54) is 25.7 Å². The van der Waals surface area contributed by atoms with E-state index in [4.69, 9.17) is 0 Å². The minimum Gasteiger partial charge on any atom is -0.343 e. The Morgan fingerprint density at radius 3 is 2.40 bits per heavy atom. The summed E-state index contributed by atoms with van der Waals surface area (Å²) in [6, 6.07) is 0. The molecule has 0 heterocycles. The van der Waals surface area contributed by atoms with Crippen LogP contribution in [0.2, 0.25) is 0 Å². The molecule has 2 N–H and O–H groups in total. The van der Waals surface area contributed by atoms with Gasteiger partial charge >= 0.3 is 0 Å². The van der Waals surface area contributed by atoms with Crippen molar-refractivity contribution in [1.82, 2.24) is 10.6 Å². The molecule has 90 valence electrons. The SMILES string of the molecule is CCCCC(CC)CNC(CC)NC=O. The van der Waals surface area contributed by atoms with Crippen LogP contribution in [-0.2, 0) is 4.79 Å². The molecule has 0 fully saturated rings. The lowest BCUT2D eigenvalue weighted by atomic mass is 9.99. The Balaban J connectivity index is 3.70. The second-order valence-electron chi connectivity index (χ2n) is 4.07. The molecule has 0 aromatic heterocycles. The summed E-state index contributed by atoms with van der Waals surface area (Å²) in [6.45, 7) is 7.54. The number of nitrogens with one attached hydrogen (secondary N) is 2. The van der Waals surface area contributed by atoms with Gasteiger partial charge in [0.1, 0.15) is 0 Å². The molecular formula is C12H26N2O. The predicted octanol–water partition coefficient (Wildman–Crippen LogP) is 2.27. The minimum atomic E-state index is 0.137. The highest BCUT2D eigenvalue weighted by molar-refractivity contribution is 5.46. The van der Waals surface area contributed by atoms with Gasteiger partial charge in [-0.05, 0) is 25.3 Å². The van der Waals surface area contributed by atoms with E-state index >= 15 is 0 Å². The van der Waals surface area contributed by atoms with E-state index in [-0.39, 0.29) is 6.17 Å². The number of unbranched alkanes of at least 4 members (excludes halogenated alkanes) is 1. The third kappa shape index (κ3) is 7.37. The van der Waals surface area contributed by atoms with Crippen molar-refractivity contribution in [3.05, 3.63) is 0 Å². The summed E-state index contributed by atoms with van der Waals surface area (Å²) in [4.78, 5) is 10.3. The van der Waals surface area contributed by atoms with Crippen molar-refractivity contribution in [3.63, 3.8) is 0 Å². The normalized spacial score (nSPS) is 14.6. The van der Waals surface area contributed by atoms with E-state index in [1.54, 1.807) is 0 Å². The molecule has 0 spiro atoms. The highest BCUT2D eigenvalue weighted by Crippen LogP contribution is 2.11. The van der Waals surface area contributed by atoms with Crippen LogP contribution in [-0.4, -0.2) is 19.1 Å². The van der Waals surface area contributed by atoms with Gasteiger partial charge in [0, 0.05) is 0 Å². The number of hydrogen-bond donors (Lipinski definition) is 2. The van der Waals surface area contributed by atoms with E-state index in [0.717, 1.165) is 25.3 Å². The van der Waals surface area contributed by atoms with Crippen LogP contribution in [0.4, 0.5) is 0 Å². The largest absolute Gasteiger partial charge is 0.343 e. The molecule has 0 radical (unpaired) electrons. The molecule has 1 amide bonds. The van der Waals surface area contributed by atoms with Gasteiger partial charge in [0.05, 0.1) is 6.17 Å². The lowest BCUT2D eigenvalue weighted by molar-refractivity contribution is -0.110. The second-order valence-corrected chi connectivity index (χ2v) is 4.07. The fraction of sp³-hybridized carbons (Fsp3) is 0.917. The Labute approximate surface area is 94.0 Å². The first kappa shape index (κ1) is 14.4. The molecule has 0 aromatic rings. The maximum atomic E-state index is 10.3. The van der Waals surface area contributed by atoms with E-state index in [1.807, 2.05) is 0 Å². The van der Waals surface area contributed by atoms with Crippen LogP contribution in [0, 0.1) is 5.92 Å². The molecule has 0 saturated heterocycles. The van der Waals surface area contributed by atoms with Crippen LogP contribution in [0.15, 0.2) is 0 Å². The van der Waals surface area contributed by atoms with Crippen molar-refractivity contribution in [2.75, 3.05) is 6.54 Å². The van der Waals surface area contributed by atoms with E-state index in [2.05, 4.69) is 31.4 Å². The molecule has 0 aromatic carbocycles. The summed E-state index contributed by atoms with van der Waals surface area (Å²) in [5.74, 6) is 0.743. The van der Waals surface area contributed by atoms with Crippen LogP contribution in [0.3, 0.4) is 0 Å². The first-order valence-electron chi connectivity index (χ1n) is 6.21. The molecule has 0 saturated carbocycles. The molecule has 3 heteroatoms. The third-order valence-electron chi connectivity index (χ3n) is 2.87. The molecule has 0 aliphatic heterocycles. The fourth-order valence-corrected chi connectivity index (χ4v) is 1.66. The lowest BCUT2D eigenvalue weighted by Gasteiger charge is -2.20. The minimum absolute atomic E-state index is 0.137. The summed E-state index contributed by atoms with van der Waals surface area (Å²) >= 11 is 0. The standard InChI is InChI=1S/C12H26N2O/c1-4-7-8-11(5-2)9-13-12(6-3)14-10-15/h10-13H,4-9H2,1-3H3,(H,14,15). The topological polar surface area (TPSA) is 41.1 Å². The van der Waals surface area contributed by atoms with Gasteiger partial charge in [0.2, 0.25) is 6.41 Å². The average molecular weight is 214 g/mol. The van der Waals surface area contributed by atoms with Crippen molar-refractivity contribution >= 4 is 6.41 Å². The number of hydrogen-bond acceptors (Lipinski definition) is 2. The fourth-order valence-electron chi connectivity index (χ4n) is 1.66. The predicted molar refractivity (Wildman–Crippen MR) is 64.6 cm³/mol. The second kappa shape index (κ2) is 9.97. The van der Waals surface area contributed by atoms with E-state index in [0.29, 0.717) is 0 Å². The number of rotatable bonds is 10. The number of carbonyl (C=O) groups is 1. The molecule has 15 heavy (non-hydrogen) atoms. The third-order valence-corrected chi connectivity index (χ3v) is 2.87. The molecule has 2 atom stereocenters. The van der Waals surface area contributed by atoms with Gasteiger partial charge in [-0.1, -0.05) is 40.0 Å². The van der Waals surface area contributed by atoms with Gasteiger partial charge in [-0.3, -0.25) is 10.1 Å². The molecule has 2 unspecified atom stereocenters. The van der Waals surface area contributed by atoms with Crippen molar-refractivity contribution in [2.24, 2.45) is 5.92 Å². The smallest absolute Gasteiger partial charge is 0.208 e.